The van der Waals surface area contributed by atoms with Gasteiger partial charge in [-0.15, -0.1) is 0 Å². The van der Waals surface area contributed by atoms with Crippen molar-refractivity contribution in [2.24, 2.45) is 4.99 Å². The minimum absolute atomic E-state index is 0.661. The molecule has 0 fully saturated rings. The Morgan fingerprint density at radius 3 is 2.42 bits per heavy atom. The van der Waals surface area contributed by atoms with Gasteiger partial charge >= 0.3 is 0 Å². The summed E-state index contributed by atoms with van der Waals surface area (Å²) in [6, 6.07) is 25.2. The second-order valence-corrected chi connectivity index (χ2v) is 8.61. The summed E-state index contributed by atoms with van der Waals surface area (Å²) >= 11 is 0. The predicted octanol–water partition coefficient (Wildman–Crippen LogP) is 7.19. The van der Waals surface area contributed by atoms with Gasteiger partial charge in [-0.2, -0.15) is 0 Å². The standard InChI is InChI=1S/C29H29N3O.C2H7N/c1-5-13-30-22(3)20-32(27-14-21(2)15-28(18-27)33-4)26-11-12-29-24(17-26)16-25(19-31-29)23-9-7-6-8-10-23;1-3-2/h5-19H,20H2,1-4H3;3H,1-2H3/b13-5-,30-22?;. The van der Waals surface area contributed by atoms with Gasteiger partial charge in [-0.25, -0.2) is 0 Å². The molecule has 0 atom stereocenters. The Balaban J connectivity index is 0.00000115. The number of hydrogen-bond donors (Lipinski definition) is 1. The Bertz CT molecular complexity index is 1330. The lowest BCUT2D eigenvalue weighted by Gasteiger charge is -2.26. The van der Waals surface area contributed by atoms with Crippen molar-refractivity contribution in [2.75, 3.05) is 32.6 Å². The molecule has 0 saturated carbocycles. The molecule has 1 N–H and O–H groups in total. The first-order valence-corrected chi connectivity index (χ1v) is 12.1. The third kappa shape index (κ3) is 7.03. The quantitative estimate of drug-likeness (QED) is 0.285. The number of ether oxygens (including phenoxy) is 1. The van der Waals surface area contributed by atoms with Crippen LogP contribution in [0, 0.1) is 6.92 Å². The molecule has 4 rings (SSSR count). The number of aliphatic imine (C=N–C) groups is 1. The lowest BCUT2D eigenvalue weighted by Crippen LogP contribution is -2.23. The number of pyridine rings is 1. The van der Waals surface area contributed by atoms with Gasteiger partial charge in [0, 0.05) is 46.5 Å². The third-order valence-corrected chi connectivity index (χ3v) is 5.50. The summed E-state index contributed by atoms with van der Waals surface area (Å²) in [5.41, 5.74) is 7.54. The van der Waals surface area contributed by atoms with E-state index in [-0.39, 0.29) is 0 Å². The zero-order chi connectivity index (χ0) is 25.9. The molecular formula is C31H36N4O. The summed E-state index contributed by atoms with van der Waals surface area (Å²) in [5, 5.41) is 3.85. The molecule has 0 aliphatic rings. The van der Waals surface area contributed by atoms with Crippen molar-refractivity contribution in [1.29, 1.82) is 0 Å². The van der Waals surface area contributed by atoms with E-state index < -0.39 is 0 Å². The SMILES string of the molecule is C/C=C\N=C(C)CN(c1cc(C)cc(OC)c1)c1ccc2ncc(-c3ccccc3)cc2c1.CNC. The number of aryl methyl sites for hydroxylation is 1. The monoisotopic (exact) mass is 480 g/mol. The Morgan fingerprint density at radius 2 is 1.72 bits per heavy atom. The fourth-order valence-electron chi connectivity index (χ4n) is 3.88. The van der Waals surface area contributed by atoms with Crippen LogP contribution in [0.25, 0.3) is 22.0 Å². The van der Waals surface area contributed by atoms with Crippen LogP contribution in [-0.4, -0.2) is 38.4 Å². The van der Waals surface area contributed by atoms with Crippen LogP contribution >= 0.6 is 0 Å². The van der Waals surface area contributed by atoms with Gasteiger partial charge in [-0.05, 0) is 82.4 Å². The van der Waals surface area contributed by atoms with Crippen LogP contribution in [-0.2, 0) is 0 Å². The molecule has 0 saturated heterocycles. The van der Waals surface area contributed by atoms with Crippen molar-refractivity contribution in [2.45, 2.75) is 20.8 Å². The fraction of sp³-hybridized carbons (Fsp3) is 0.226. The Labute approximate surface area is 215 Å². The van der Waals surface area contributed by atoms with Crippen LogP contribution in [0.2, 0.25) is 0 Å². The molecule has 1 heterocycles. The number of allylic oxidation sites excluding steroid dienone is 1. The van der Waals surface area contributed by atoms with E-state index in [4.69, 9.17) is 9.72 Å². The van der Waals surface area contributed by atoms with Gasteiger partial charge in [-0.1, -0.05) is 36.4 Å². The average Bonchev–Trinajstić information content (AvgIpc) is 2.90. The van der Waals surface area contributed by atoms with Crippen LogP contribution in [0.1, 0.15) is 19.4 Å². The minimum atomic E-state index is 0.661. The minimum Gasteiger partial charge on any atom is -0.497 e. The topological polar surface area (TPSA) is 49.8 Å². The highest BCUT2D eigenvalue weighted by atomic mass is 16.5. The number of hydrogen-bond acceptors (Lipinski definition) is 5. The maximum Gasteiger partial charge on any atom is 0.121 e. The molecule has 3 aromatic carbocycles. The maximum atomic E-state index is 5.55. The van der Waals surface area contributed by atoms with Gasteiger partial charge in [-0.3, -0.25) is 9.98 Å². The molecule has 0 aliphatic carbocycles. The second kappa shape index (κ2) is 13.2. The van der Waals surface area contributed by atoms with E-state index >= 15 is 0 Å². The molecule has 36 heavy (non-hydrogen) atoms. The molecule has 4 aromatic rings. The third-order valence-electron chi connectivity index (χ3n) is 5.50. The zero-order valence-electron chi connectivity index (χ0n) is 22.1. The normalized spacial score (nSPS) is 11.3. The van der Waals surface area contributed by atoms with Gasteiger partial charge in [0.05, 0.1) is 19.2 Å². The number of aromatic nitrogens is 1. The van der Waals surface area contributed by atoms with Crippen LogP contribution in [0.3, 0.4) is 0 Å². The molecule has 0 radical (unpaired) electrons. The summed E-state index contributed by atoms with van der Waals surface area (Å²) in [5.74, 6) is 0.840. The van der Waals surface area contributed by atoms with Crippen molar-refractivity contribution < 1.29 is 4.74 Å². The first-order valence-electron chi connectivity index (χ1n) is 12.1. The summed E-state index contributed by atoms with van der Waals surface area (Å²) in [7, 11) is 5.45. The molecule has 186 valence electrons. The molecule has 5 heteroatoms. The fourth-order valence-corrected chi connectivity index (χ4v) is 3.88. The zero-order valence-corrected chi connectivity index (χ0v) is 22.1. The van der Waals surface area contributed by atoms with E-state index in [1.165, 1.54) is 0 Å². The van der Waals surface area contributed by atoms with Crippen molar-refractivity contribution in [3.63, 3.8) is 0 Å². The Morgan fingerprint density at radius 1 is 0.972 bits per heavy atom. The summed E-state index contributed by atoms with van der Waals surface area (Å²) in [4.78, 5) is 11.5. The van der Waals surface area contributed by atoms with Crippen molar-refractivity contribution in [3.05, 3.63) is 96.8 Å². The maximum absolute atomic E-state index is 5.55. The van der Waals surface area contributed by atoms with Crippen molar-refractivity contribution in [1.82, 2.24) is 10.3 Å². The van der Waals surface area contributed by atoms with Gasteiger partial charge < -0.3 is 15.0 Å². The smallest absolute Gasteiger partial charge is 0.121 e. The van der Waals surface area contributed by atoms with Gasteiger partial charge in [0.15, 0.2) is 0 Å². The molecule has 0 spiro atoms. The van der Waals surface area contributed by atoms with E-state index in [1.807, 2.05) is 51.6 Å². The van der Waals surface area contributed by atoms with Gasteiger partial charge in [0.25, 0.3) is 0 Å². The number of methoxy groups -OCH3 is 1. The lowest BCUT2D eigenvalue weighted by molar-refractivity contribution is 0.414. The predicted molar refractivity (Wildman–Crippen MR) is 155 cm³/mol. The largest absolute Gasteiger partial charge is 0.497 e. The summed E-state index contributed by atoms with van der Waals surface area (Å²) in [6.07, 6.45) is 5.71. The average molecular weight is 481 g/mol. The first kappa shape index (κ1) is 26.6. The number of rotatable bonds is 7. The second-order valence-electron chi connectivity index (χ2n) is 8.61. The molecule has 5 nitrogen and oxygen atoms in total. The number of nitrogens with one attached hydrogen (secondary N) is 1. The van der Waals surface area contributed by atoms with E-state index in [1.54, 1.807) is 7.11 Å². The van der Waals surface area contributed by atoms with Crippen LogP contribution < -0.4 is 15.0 Å². The van der Waals surface area contributed by atoms with Gasteiger partial charge in [0.2, 0.25) is 0 Å². The lowest BCUT2D eigenvalue weighted by atomic mass is 10.0. The molecule has 0 unspecified atom stereocenters. The molecular weight excluding hydrogens is 444 g/mol. The number of anilines is 2. The first-order chi connectivity index (χ1) is 17.5. The molecule has 1 aromatic heterocycles. The van der Waals surface area contributed by atoms with Crippen molar-refractivity contribution in [3.8, 4) is 16.9 Å². The van der Waals surface area contributed by atoms with Crippen LogP contribution in [0.4, 0.5) is 11.4 Å². The van der Waals surface area contributed by atoms with E-state index in [0.29, 0.717) is 6.54 Å². The molecule has 0 amide bonds. The van der Waals surface area contributed by atoms with E-state index in [9.17, 15) is 0 Å². The highest BCUT2D eigenvalue weighted by molar-refractivity contribution is 5.92. The van der Waals surface area contributed by atoms with Crippen LogP contribution in [0.5, 0.6) is 5.75 Å². The Kier molecular flexibility index (Phi) is 9.78. The van der Waals surface area contributed by atoms with E-state index in [0.717, 1.165) is 50.4 Å². The highest BCUT2D eigenvalue weighted by Crippen LogP contribution is 2.32. The Hall–Kier alpha value is -3.96. The molecule has 0 aliphatic heterocycles. The number of benzene rings is 3. The van der Waals surface area contributed by atoms with Crippen molar-refractivity contribution >= 4 is 28.0 Å². The highest BCUT2D eigenvalue weighted by Gasteiger charge is 2.14. The van der Waals surface area contributed by atoms with Crippen LogP contribution in [0.15, 0.2) is 96.3 Å². The molecule has 0 bridgehead atoms. The number of nitrogens with zero attached hydrogens (tertiary/aromatic N) is 3. The summed E-state index contributed by atoms with van der Waals surface area (Å²) < 4.78 is 5.55. The summed E-state index contributed by atoms with van der Waals surface area (Å²) in [6.45, 7) is 6.77. The number of fused-ring (bicyclic) bond motifs is 1. The van der Waals surface area contributed by atoms with E-state index in [2.05, 4.69) is 89.7 Å². The van der Waals surface area contributed by atoms with Gasteiger partial charge in [0.1, 0.15) is 5.75 Å².